The number of nitrogens with one attached hydrogen (secondary N) is 2. The van der Waals surface area contributed by atoms with Gasteiger partial charge in [-0.1, -0.05) is 12.8 Å². The first kappa shape index (κ1) is 16.0. The molecule has 2 amide bonds. The number of amides is 2. The van der Waals surface area contributed by atoms with E-state index in [0.29, 0.717) is 12.5 Å². The zero-order chi connectivity index (χ0) is 14.5. The van der Waals surface area contributed by atoms with Gasteiger partial charge >= 0.3 is 0 Å². The highest BCUT2D eigenvalue weighted by Crippen LogP contribution is 2.23. The molecule has 0 aromatic heterocycles. The van der Waals surface area contributed by atoms with E-state index < -0.39 is 5.54 Å². The van der Waals surface area contributed by atoms with Gasteiger partial charge in [0, 0.05) is 6.54 Å². The Kier molecular flexibility index (Phi) is 5.79. The van der Waals surface area contributed by atoms with E-state index in [0.717, 1.165) is 6.54 Å². The number of nitrogens with zero attached hydrogens (tertiary/aromatic N) is 1. The van der Waals surface area contributed by atoms with Crippen molar-refractivity contribution in [1.29, 1.82) is 0 Å². The van der Waals surface area contributed by atoms with Crippen molar-refractivity contribution in [2.24, 2.45) is 5.92 Å². The van der Waals surface area contributed by atoms with Crippen LogP contribution in [0.3, 0.4) is 0 Å². The second-order valence-corrected chi connectivity index (χ2v) is 6.27. The molecule has 0 bridgehead atoms. The Hall–Kier alpha value is -1.10. The molecule has 1 aliphatic carbocycles. The summed E-state index contributed by atoms with van der Waals surface area (Å²) in [5, 5.41) is 5.73. The molecule has 1 aliphatic rings. The summed E-state index contributed by atoms with van der Waals surface area (Å²) in [6.45, 7) is 4.50. The maximum absolute atomic E-state index is 12.1. The third kappa shape index (κ3) is 5.59. The number of likely N-dealkylation sites (N-methyl/N-ethyl adjacent to an activating group) is 1. The van der Waals surface area contributed by atoms with Crippen LogP contribution in [0.1, 0.15) is 39.5 Å². The lowest BCUT2D eigenvalue weighted by Gasteiger charge is -2.26. The third-order valence-electron chi connectivity index (χ3n) is 3.51. The Morgan fingerprint density at radius 3 is 2.32 bits per heavy atom. The normalized spacial score (nSPS) is 16.7. The number of hydrogen-bond acceptors (Lipinski definition) is 3. The van der Waals surface area contributed by atoms with E-state index in [1.54, 1.807) is 18.7 Å². The molecule has 5 nitrogen and oxygen atoms in total. The average molecular weight is 269 g/mol. The fourth-order valence-corrected chi connectivity index (χ4v) is 2.40. The Morgan fingerprint density at radius 1 is 1.21 bits per heavy atom. The van der Waals surface area contributed by atoms with Gasteiger partial charge < -0.3 is 15.5 Å². The summed E-state index contributed by atoms with van der Waals surface area (Å²) >= 11 is 0. The van der Waals surface area contributed by atoms with Crippen LogP contribution in [0.15, 0.2) is 0 Å². The monoisotopic (exact) mass is 269 g/mol. The van der Waals surface area contributed by atoms with E-state index in [2.05, 4.69) is 10.6 Å². The molecule has 1 saturated carbocycles. The van der Waals surface area contributed by atoms with Crippen LogP contribution in [0, 0.1) is 5.92 Å². The predicted molar refractivity (Wildman–Crippen MR) is 75.7 cm³/mol. The number of carbonyl (C=O) groups excluding carboxylic acids is 2. The quantitative estimate of drug-likeness (QED) is 0.748. The zero-order valence-corrected chi connectivity index (χ0v) is 12.6. The van der Waals surface area contributed by atoms with Gasteiger partial charge in [-0.3, -0.25) is 9.59 Å². The highest BCUT2D eigenvalue weighted by molar-refractivity contribution is 5.91. The molecule has 0 aromatic carbocycles. The van der Waals surface area contributed by atoms with Crippen molar-refractivity contribution in [3.8, 4) is 0 Å². The van der Waals surface area contributed by atoms with Crippen molar-refractivity contribution in [2.75, 3.05) is 27.2 Å². The highest BCUT2D eigenvalue weighted by atomic mass is 16.2. The van der Waals surface area contributed by atoms with E-state index in [4.69, 9.17) is 0 Å². The first-order valence-electron chi connectivity index (χ1n) is 7.05. The second kappa shape index (κ2) is 6.89. The van der Waals surface area contributed by atoms with Crippen molar-refractivity contribution in [1.82, 2.24) is 15.5 Å². The van der Waals surface area contributed by atoms with Gasteiger partial charge in [-0.15, -0.1) is 0 Å². The summed E-state index contributed by atoms with van der Waals surface area (Å²) in [6, 6.07) is 0. The lowest BCUT2D eigenvalue weighted by atomic mass is 10.0. The van der Waals surface area contributed by atoms with E-state index in [9.17, 15) is 9.59 Å². The molecule has 0 atom stereocenters. The van der Waals surface area contributed by atoms with Crippen molar-refractivity contribution < 1.29 is 9.59 Å². The topological polar surface area (TPSA) is 61.4 Å². The number of hydrogen-bond donors (Lipinski definition) is 2. The number of rotatable bonds is 6. The summed E-state index contributed by atoms with van der Waals surface area (Å²) < 4.78 is 0. The van der Waals surface area contributed by atoms with E-state index in [1.807, 2.05) is 14.1 Å². The molecular weight excluding hydrogens is 242 g/mol. The fraction of sp³-hybridized carbons (Fsp3) is 0.857. The van der Waals surface area contributed by atoms with Crippen LogP contribution in [-0.2, 0) is 9.59 Å². The minimum atomic E-state index is -0.855. The standard InChI is InChI=1S/C14H27N3O2/c1-14(2,16-12(18)10-17(3)4)13(19)15-9-11-7-5-6-8-11/h11H,5-10H2,1-4H3,(H,15,19)(H,16,18). The van der Waals surface area contributed by atoms with Gasteiger partial charge in [-0.25, -0.2) is 0 Å². The molecule has 1 fully saturated rings. The fourth-order valence-electron chi connectivity index (χ4n) is 2.40. The molecule has 19 heavy (non-hydrogen) atoms. The zero-order valence-electron chi connectivity index (χ0n) is 12.6. The summed E-state index contributed by atoms with van der Waals surface area (Å²) in [6.07, 6.45) is 4.94. The Bertz CT molecular complexity index is 321. The Morgan fingerprint density at radius 2 is 1.79 bits per heavy atom. The lowest BCUT2D eigenvalue weighted by molar-refractivity contribution is -0.132. The molecule has 0 heterocycles. The second-order valence-electron chi connectivity index (χ2n) is 6.27. The molecule has 2 N–H and O–H groups in total. The van der Waals surface area contributed by atoms with Crippen molar-refractivity contribution in [3.05, 3.63) is 0 Å². The van der Waals surface area contributed by atoms with E-state index in [-0.39, 0.29) is 11.8 Å². The molecule has 0 aliphatic heterocycles. The van der Waals surface area contributed by atoms with Crippen molar-refractivity contribution in [2.45, 2.75) is 45.1 Å². The van der Waals surface area contributed by atoms with Crippen LogP contribution < -0.4 is 10.6 Å². The SMILES string of the molecule is CN(C)CC(=O)NC(C)(C)C(=O)NCC1CCCC1. The molecule has 0 aromatic rings. The third-order valence-corrected chi connectivity index (χ3v) is 3.51. The largest absolute Gasteiger partial charge is 0.354 e. The van der Waals surface area contributed by atoms with Gasteiger partial charge in [0.05, 0.1) is 6.54 Å². The first-order valence-corrected chi connectivity index (χ1v) is 7.05. The minimum Gasteiger partial charge on any atom is -0.354 e. The maximum atomic E-state index is 12.1. The van der Waals surface area contributed by atoms with E-state index in [1.165, 1.54) is 25.7 Å². The van der Waals surface area contributed by atoms with Crippen LogP contribution in [0.25, 0.3) is 0 Å². The highest BCUT2D eigenvalue weighted by Gasteiger charge is 2.30. The van der Waals surface area contributed by atoms with Crippen LogP contribution in [0.2, 0.25) is 0 Å². The van der Waals surface area contributed by atoms with Crippen molar-refractivity contribution >= 4 is 11.8 Å². The molecule has 0 saturated heterocycles. The Labute approximate surface area is 116 Å². The summed E-state index contributed by atoms with van der Waals surface area (Å²) in [4.78, 5) is 25.6. The van der Waals surface area contributed by atoms with E-state index >= 15 is 0 Å². The van der Waals surface area contributed by atoms with Crippen LogP contribution in [0.4, 0.5) is 0 Å². The lowest BCUT2D eigenvalue weighted by Crippen LogP contribution is -2.56. The molecule has 0 radical (unpaired) electrons. The molecule has 5 heteroatoms. The van der Waals surface area contributed by atoms with Gasteiger partial charge in [0.15, 0.2) is 0 Å². The summed E-state index contributed by atoms with van der Waals surface area (Å²) in [5.41, 5.74) is -0.855. The number of carbonyl (C=O) groups is 2. The minimum absolute atomic E-state index is 0.105. The van der Waals surface area contributed by atoms with Gasteiger partial charge in [-0.2, -0.15) is 0 Å². The molecular formula is C14H27N3O2. The summed E-state index contributed by atoms with van der Waals surface area (Å²) in [7, 11) is 3.65. The van der Waals surface area contributed by atoms with Gasteiger partial charge in [0.2, 0.25) is 11.8 Å². The predicted octanol–water partition coefficient (Wildman–Crippen LogP) is 0.749. The molecule has 1 rings (SSSR count). The Balaban J connectivity index is 2.37. The van der Waals surface area contributed by atoms with Crippen LogP contribution in [0.5, 0.6) is 0 Å². The first-order chi connectivity index (χ1) is 8.81. The van der Waals surface area contributed by atoms with Gasteiger partial charge in [0.1, 0.15) is 5.54 Å². The molecule has 110 valence electrons. The molecule has 0 spiro atoms. The van der Waals surface area contributed by atoms with Gasteiger partial charge in [0.25, 0.3) is 0 Å². The van der Waals surface area contributed by atoms with Crippen LogP contribution in [-0.4, -0.2) is 49.4 Å². The smallest absolute Gasteiger partial charge is 0.245 e. The molecule has 0 unspecified atom stereocenters. The maximum Gasteiger partial charge on any atom is 0.245 e. The average Bonchev–Trinajstić information content (AvgIpc) is 2.76. The summed E-state index contributed by atoms with van der Waals surface area (Å²) in [5.74, 6) is 0.370. The van der Waals surface area contributed by atoms with Crippen LogP contribution >= 0.6 is 0 Å². The van der Waals surface area contributed by atoms with Gasteiger partial charge in [-0.05, 0) is 46.7 Å². The van der Waals surface area contributed by atoms with Crippen molar-refractivity contribution in [3.63, 3.8) is 0 Å².